The van der Waals surface area contributed by atoms with Gasteiger partial charge in [0.15, 0.2) is 5.76 Å². The SMILES string of the molecule is O=C(NC1CCCCC1)c1occc1COc1ccccc1. The van der Waals surface area contributed by atoms with Crippen molar-refractivity contribution in [2.24, 2.45) is 0 Å². The van der Waals surface area contributed by atoms with E-state index in [-0.39, 0.29) is 11.9 Å². The number of carbonyl (C=O) groups excluding carboxylic acids is 1. The molecule has 1 fully saturated rings. The molecule has 22 heavy (non-hydrogen) atoms. The van der Waals surface area contributed by atoms with E-state index in [2.05, 4.69) is 5.32 Å². The third-order valence-electron chi connectivity index (χ3n) is 4.03. The third kappa shape index (κ3) is 3.70. The van der Waals surface area contributed by atoms with Crippen LogP contribution in [0.1, 0.15) is 48.2 Å². The lowest BCUT2D eigenvalue weighted by Gasteiger charge is -2.22. The predicted molar refractivity (Wildman–Crippen MR) is 83.8 cm³/mol. The van der Waals surface area contributed by atoms with E-state index in [1.54, 1.807) is 12.3 Å². The lowest BCUT2D eigenvalue weighted by Crippen LogP contribution is -2.36. The maximum atomic E-state index is 12.3. The fourth-order valence-electron chi connectivity index (χ4n) is 2.82. The van der Waals surface area contributed by atoms with E-state index < -0.39 is 0 Å². The minimum atomic E-state index is -0.136. The van der Waals surface area contributed by atoms with Crippen LogP contribution < -0.4 is 10.1 Å². The van der Waals surface area contributed by atoms with Crippen molar-refractivity contribution in [1.29, 1.82) is 0 Å². The van der Waals surface area contributed by atoms with Gasteiger partial charge in [0.2, 0.25) is 0 Å². The molecule has 0 spiro atoms. The molecule has 4 heteroatoms. The summed E-state index contributed by atoms with van der Waals surface area (Å²) in [6.45, 7) is 0.327. The molecule has 0 saturated heterocycles. The second-order valence-corrected chi connectivity index (χ2v) is 5.69. The van der Waals surface area contributed by atoms with Crippen molar-refractivity contribution < 1.29 is 13.9 Å². The number of rotatable bonds is 5. The first-order valence-corrected chi connectivity index (χ1v) is 7.88. The molecule has 1 aromatic carbocycles. The number of nitrogens with one attached hydrogen (secondary N) is 1. The first kappa shape index (κ1) is 14.7. The molecule has 2 aromatic rings. The van der Waals surface area contributed by atoms with Crippen LogP contribution in [-0.2, 0) is 6.61 Å². The number of hydrogen-bond acceptors (Lipinski definition) is 3. The average Bonchev–Trinajstić information content (AvgIpc) is 3.03. The van der Waals surface area contributed by atoms with Gasteiger partial charge < -0.3 is 14.5 Å². The Kier molecular flexibility index (Phi) is 4.78. The van der Waals surface area contributed by atoms with Gasteiger partial charge in [0.1, 0.15) is 12.4 Å². The van der Waals surface area contributed by atoms with Crippen LogP contribution in [0.15, 0.2) is 47.1 Å². The van der Waals surface area contributed by atoms with E-state index in [1.807, 2.05) is 30.3 Å². The molecule has 116 valence electrons. The normalized spacial score (nSPS) is 15.5. The number of hydrogen-bond donors (Lipinski definition) is 1. The summed E-state index contributed by atoms with van der Waals surface area (Å²) in [7, 11) is 0. The summed E-state index contributed by atoms with van der Waals surface area (Å²) in [5.74, 6) is 1.01. The minimum Gasteiger partial charge on any atom is -0.489 e. The summed E-state index contributed by atoms with van der Waals surface area (Å²) in [5, 5.41) is 3.07. The molecule has 0 aliphatic heterocycles. The molecule has 4 nitrogen and oxygen atoms in total. The summed E-state index contributed by atoms with van der Waals surface area (Å²) in [5.41, 5.74) is 0.775. The number of amides is 1. The molecule has 1 N–H and O–H groups in total. The molecular weight excluding hydrogens is 278 g/mol. The van der Waals surface area contributed by atoms with Crippen molar-refractivity contribution in [2.75, 3.05) is 0 Å². The monoisotopic (exact) mass is 299 g/mol. The van der Waals surface area contributed by atoms with Crippen LogP contribution in [0.3, 0.4) is 0 Å². The van der Waals surface area contributed by atoms with Crippen LogP contribution in [0.25, 0.3) is 0 Å². The van der Waals surface area contributed by atoms with E-state index in [9.17, 15) is 4.79 Å². The second kappa shape index (κ2) is 7.16. The maximum absolute atomic E-state index is 12.3. The predicted octanol–water partition coefficient (Wildman–Crippen LogP) is 3.92. The summed E-state index contributed by atoms with van der Waals surface area (Å²) in [6.07, 6.45) is 7.30. The van der Waals surface area contributed by atoms with E-state index >= 15 is 0 Å². The average molecular weight is 299 g/mol. The molecule has 1 aliphatic carbocycles. The number of ether oxygens (including phenoxy) is 1. The molecular formula is C18H21NO3. The van der Waals surface area contributed by atoms with E-state index in [4.69, 9.17) is 9.15 Å². The van der Waals surface area contributed by atoms with Gasteiger partial charge in [0.05, 0.1) is 6.26 Å². The standard InChI is InChI=1S/C18H21NO3/c20-18(19-15-7-3-1-4-8-15)17-14(11-12-21-17)13-22-16-9-5-2-6-10-16/h2,5-6,9-12,15H,1,3-4,7-8,13H2,(H,19,20). The van der Waals surface area contributed by atoms with Crippen molar-refractivity contribution in [1.82, 2.24) is 5.32 Å². The highest BCUT2D eigenvalue weighted by Gasteiger charge is 2.21. The van der Waals surface area contributed by atoms with Gasteiger partial charge in [0, 0.05) is 11.6 Å². The summed E-state index contributed by atoms with van der Waals surface area (Å²) < 4.78 is 11.1. The van der Waals surface area contributed by atoms with Crippen LogP contribution in [0.4, 0.5) is 0 Å². The lowest BCUT2D eigenvalue weighted by atomic mass is 9.95. The summed E-state index contributed by atoms with van der Waals surface area (Å²) >= 11 is 0. The Bertz CT molecular complexity index is 600. The highest BCUT2D eigenvalue weighted by atomic mass is 16.5. The zero-order chi connectivity index (χ0) is 15.2. The Hall–Kier alpha value is -2.23. The highest BCUT2D eigenvalue weighted by Crippen LogP contribution is 2.19. The Morgan fingerprint density at radius 2 is 1.91 bits per heavy atom. The molecule has 0 radical (unpaired) electrons. The van der Waals surface area contributed by atoms with E-state index in [1.165, 1.54) is 19.3 Å². The van der Waals surface area contributed by atoms with E-state index in [0.29, 0.717) is 12.4 Å². The highest BCUT2D eigenvalue weighted by molar-refractivity contribution is 5.93. The molecule has 1 aliphatic rings. The van der Waals surface area contributed by atoms with Crippen molar-refractivity contribution in [3.63, 3.8) is 0 Å². The second-order valence-electron chi connectivity index (χ2n) is 5.69. The van der Waals surface area contributed by atoms with Gasteiger partial charge in [-0.3, -0.25) is 4.79 Å². The van der Waals surface area contributed by atoms with Crippen molar-refractivity contribution in [3.05, 3.63) is 54.0 Å². The fourth-order valence-corrected chi connectivity index (χ4v) is 2.82. The molecule has 3 rings (SSSR count). The van der Waals surface area contributed by atoms with Crippen molar-refractivity contribution in [3.8, 4) is 5.75 Å². The zero-order valence-corrected chi connectivity index (χ0v) is 12.6. The first-order valence-electron chi connectivity index (χ1n) is 7.88. The molecule has 1 amide bonds. The summed E-state index contributed by atoms with van der Waals surface area (Å²) in [6, 6.07) is 11.6. The Morgan fingerprint density at radius 1 is 1.14 bits per heavy atom. The largest absolute Gasteiger partial charge is 0.489 e. The van der Waals surface area contributed by atoms with Gasteiger partial charge in [-0.2, -0.15) is 0 Å². The van der Waals surface area contributed by atoms with Gasteiger partial charge in [-0.05, 0) is 31.0 Å². The van der Waals surface area contributed by atoms with Crippen LogP contribution >= 0.6 is 0 Å². The van der Waals surface area contributed by atoms with Crippen LogP contribution in [0.5, 0.6) is 5.75 Å². The first-order chi connectivity index (χ1) is 10.8. The lowest BCUT2D eigenvalue weighted by molar-refractivity contribution is 0.0896. The van der Waals surface area contributed by atoms with Crippen LogP contribution in [0, 0.1) is 0 Å². The Balaban J connectivity index is 1.60. The van der Waals surface area contributed by atoms with Gasteiger partial charge >= 0.3 is 0 Å². The smallest absolute Gasteiger partial charge is 0.287 e. The molecule has 1 heterocycles. The Labute approximate surface area is 130 Å². The van der Waals surface area contributed by atoms with Crippen molar-refractivity contribution in [2.45, 2.75) is 44.8 Å². The van der Waals surface area contributed by atoms with Gasteiger partial charge in [-0.25, -0.2) is 0 Å². The number of para-hydroxylation sites is 1. The van der Waals surface area contributed by atoms with Gasteiger partial charge in [0.25, 0.3) is 5.91 Å². The van der Waals surface area contributed by atoms with Gasteiger partial charge in [-0.15, -0.1) is 0 Å². The molecule has 0 atom stereocenters. The fraction of sp³-hybridized carbons (Fsp3) is 0.389. The molecule has 1 aromatic heterocycles. The zero-order valence-electron chi connectivity index (χ0n) is 12.6. The maximum Gasteiger partial charge on any atom is 0.287 e. The minimum absolute atomic E-state index is 0.136. The molecule has 1 saturated carbocycles. The Morgan fingerprint density at radius 3 is 2.68 bits per heavy atom. The molecule has 0 unspecified atom stereocenters. The van der Waals surface area contributed by atoms with Gasteiger partial charge in [-0.1, -0.05) is 37.5 Å². The van der Waals surface area contributed by atoms with Crippen LogP contribution in [-0.4, -0.2) is 11.9 Å². The number of furan rings is 1. The van der Waals surface area contributed by atoms with Crippen LogP contribution in [0.2, 0.25) is 0 Å². The molecule has 0 bridgehead atoms. The third-order valence-corrected chi connectivity index (χ3v) is 4.03. The quantitative estimate of drug-likeness (QED) is 0.910. The summed E-state index contributed by atoms with van der Waals surface area (Å²) in [4.78, 5) is 12.3. The topological polar surface area (TPSA) is 51.5 Å². The number of benzene rings is 1. The number of carbonyl (C=O) groups is 1. The van der Waals surface area contributed by atoms with E-state index in [0.717, 1.165) is 24.2 Å². The van der Waals surface area contributed by atoms with Crippen molar-refractivity contribution >= 4 is 5.91 Å².